The minimum absolute atomic E-state index is 0.00906. The summed E-state index contributed by atoms with van der Waals surface area (Å²) in [7, 11) is 0. The first-order valence-electron chi connectivity index (χ1n) is 6.12. The summed E-state index contributed by atoms with van der Waals surface area (Å²) < 4.78 is 6.00. The largest absolute Gasteiger partial charge is 0.479 e. The molecule has 1 aromatic carbocycles. The summed E-state index contributed by atoms with van der Waals surface area (Å²) in [5, 5.41) is 11.9. The molecular formula is C14H18BrNO4. The van der Waals surface area contributed by atoms with Crippen LogP contribution >= 0.6 is 15.9 Å². The number of aromatic carboxylic acids is 1. The van der Waals surface area contributed by atoms with Crippen molar-refractivity contribution in [2.24, 2.45) is 0 Å². The highest BCUT2D eigenvalue weighted by molar-refractivity contribution is 9.10. The first kappa shape index (κ1) is 16.5. The minimum Gasteiger partial charge on any atom is -0.479 e. The third-order valence-electron chi connectivity index (χ3n) is 2.36. The van der Waals surface area contributed by atoms with Crippen molar-refractivity contribution >= 4 is 27.8 Å². The molecule has 1 aromatic rings. The molecule has 6 heteroatoms. The zero-order valence-corrected chi connectivity index (χ0v) is 13.4. The van der Waals surface area contributed by atoms with Gasteiger partial charge < -0.3 is 15.2 Å². The summed E-state index contributed by atoms with van der Waals surface area (Å²) in [6, 6.07) is 4.69. The molecule has 20 heavy (non-hydrogen) atoms. The number of carboxylic acids is 1. The van der Waals surface area contributed by atoms with Gasteiger partial charge in [0.25, 0.3) is 5.91 Å². The van der Waals surface area contributed by atoms with E-state index in [0.29, 0.717) is 4.47 Å². The number of carboxylic acid groups (broad SMARTS) is 1. The van der Waals surface area contributed by atoms with Crippen molar-refractivity contribution in [2.45, 2.75) is 39.3 Å². The number of amides is 1. The first-order valence-corrected chi connectivity index (χ1v) is 6.91. The molecule has 5 nitrogen and oxygen atoms in total. The average Bonchev–Trinajstić information content (AvgIpc) is 2.28. The Morgan fingerprint density at radius 3 is 2.45 bits per heavy atom. The molecule has 1 unspecified atom stereocenters. The van der Waals surface area contributed by atoms with Crippen LogP contribution in [0.15, 0.2) is 22.7 Å². The third kappa shape index (κ3) is 4.52. The third-order valence-corrected chi connectivity index (χ3v) is 2.98. The van der Waals surface area contributed by atoms with E-state index in [1.54, 1.807) is 19.1 Å². The van der Waals surface area contributed by atoms with Gasteiger partial charge in [-0.25, -0.2) is 4.79 Å². The molecule has 0 aliphatic heterocycles. The standard InChI is InChI=1S/C14H18BrNO4/c1-8(12(17)16-14(2,3)4)20-11-9(13(18)19)6-5-7-10(11)15/h5-8H,1-4H3,(H,16,17)(H,18,19). The Bertz CT molecular complexity index is 522. The lowest BCUT2D eigenvalue weighted by atomic mass is 10.1. The van der Waals surface area contributed by atoms with E-state index < -0.39 is 12.1 Å². The number of halogens is 1. The molecular weight excluding hydrogens is 326 g/mol. The van der Waals surface area contributed by atoms with E-state index in [2.05, 4.69) is 21.2 Å². The van der Waals surface area contributed by atoms with Crippen LogP contribution in [0.2, 0.25) is 0 Å². The lowest BCUT2D eigenvalue weighted by molar-refractivity contribution is -0.128. The smallest absolute Gasteiger partial charge is 0.339 e. The van der Waals surface area contributed by atoms with Gasteiger partial charge in [-0.05, 0) is 55.8 Å². The Kier molecular flexibility index (Phi) is 5.16. The van der Waals surface area contributed by atoms with Gasteiger partial charge in [0.05, 0.1) is 4.47 Å². The topological polar surface area (TPSA) is 75.6 Å². The van der Waals surface area contributed by atoms with Crippen LogP contribution in [-0.2, 0) is 4.79 Å². The van der Waals surface area contributed by atoms with Gasteiger partial charge in [-0.15, -0.1) is 0 Å². The monoisotopic (exact) mass is 343 g/mol. The van der Waals surface area contributed by atoms with E-state index in [1.807, 2.05) is 20.8 Å². The molecule has 0 saturated heterocycles. The Labute approximate surface area is 126 Å². The molecule has 0 heterocycles. The molecule has 1 rings (SSSR count). The number of hydrogen-bond donors (Lipinski definition) is 2. The van der Waals surface area contributed by atoms with Crippen molar-refractivity contribution < 1.29 is 19.4 Å². The fourth-order valence-electron chi connectivity index (χ4n) is 1.50. The van der Waals surface area contributed by atoms with Crippen molar-refractivity contribution in [1.29, 1.82) is 0 Å². The van der Waals surface area contributed by atoms with Crippen molar-refractivity contribution in [3.8, 4) is 5.75 Å². The number of ether oxygens (including phenoxy) is 1. The highest BCUT2D eigenvalue weighted by Gasteiger charge is 2.23. The van der Waals surface area contributed by atoms with Crippen LogP contribution in [0, 0.1) is 0 Å². The lowest BCUT2D eigenvalue weighted by Crippen LogP contribution is -2.46. The Hall–Kier alpha value is -1.56. The maximum atomic E-state index is 12.0. The molecule has 110 valence electrons. The van der Waals surface area contributed by atoms with Crippen LogP contribution in [-0.4, -0.2) is 28.6 Å². The molecule has 0 bridgehead atoms. The maximum absolute atomic E-state index is 12.0. The van der Waals surface area contributed by atoms with Crippen molar-refractivity contribution in [1.82, 2.24) is 5.32 Å². The number of para-hydroxylation sites is 1. The summed E-state index contributed by atoms with van der Waals surface area (Å²) in [4.78, 5) is 23.1. The molecule has 2 N–H and O–H groups in total. The zero-order valence-electron chi connectivity index (χ0n) is 11.9. The van der Waals surface area contributed by atoms with Gasteiger partial charge >= 0.3 is 5.97 Å². The second kappa shape index (κ2) is 6.26. The summed E-state index contributed by atoms with van der Waals surface area (Å²) in [5.74, 6) is -1.26. The van der Waals surface area contributed by atoms with Gasteiger partial charge in [0.1, 0.15) is 11.3 Å². The van der Waals surface area contributed by atoms with E-state index in [9.17, 15) is 9.59 Å². The first-order chi connectivity index (χ1) is 9.11. The number of benzene rings is 1. The van der Waals surface area contributed by atoms with Crippen molar-refractivity contribution in [3.63, 3.8) is 0 Å². The van der Waals surface area contributed by atoms with Gasteiger partial charge in [-0.3, -0.25) is 4.79 Å². The van der Waals surface area contributed by atoms with Crippen LogP contribution in [0.1, 0.15) is 38.1 Å². The van der Waals surface area contributed by atoms with Gasteiger partial charge in [0, 0.05) is 5.54 Å². The van der Waals surface area contributed by atoms with E-state index in [0.717, 1.165) is 0 Å². The summed E-state index contributed by atoms with van der Waals surface area (Å²) in [6.07, 6.45) is -0.800. The van der Waals surface area contributed by atoms with Crippen LogP contribution in [0.3, 0.4) is 0 Å². The van der Waals surface area contributed by atoms with Crippen molar-refractivity contribution in [2.75, 3.05) is 0 Å². The Morgan fingerprint density at radius 2 is 1.95 bits per heavy atom. The number of hydrogen-bond acceptors (Lipinski definition) is 3. The highest BCUT2D eigenvalue weighted by Crippen LogP contribution is 2.30. The van der Waals surface area contributed by atoms with Crippen LogP contribution < -0.4 is 10.1 Å². The van der Waals surface area contributed by atoms with Gasteiger partial charge in [-0.1, -0.05) is 6.07 Å². The second-order valence-electron chi connectivity index (χ2n) is 5.42. The molecule has 0 fully saturated rings. The minimum atomic E-state index is -1.11. The maximum Gasteiger partial charge on any atom is 0.339 e. The molecule has 1 amide bonds. The molecule has 0 spiro atoms. The zero-order chi connectivity index (χ0) is 15.5. The number of rotatable bonds is 4. The number of carbonyl (C=O) groups excluding carboxylic acids is 1. The summed E-state index contributed by atoms with van der Waals surface area (Å²) in [6.45, 7) is 7.16. The summed E-state index contributed by atoms with van der Waals surface area (Å²) in [5.41, 5.74) is -0.368. The van der Waals surface area contributed by atoms with Crippen LogP contribution in [0.5, 0.6) is 5.75 Å². The van der Waals surface area contributed by atoms with Crippen LogP contribution in [0.25, 0.3) is 0 Å². The second-order valence-corrected chi connectivity index (χ2v) is 6.28. The predicted octanol–water partition coefficient (Wildman–Crippen LogP) is 2.83. The average molecular weight is 344 g/mol. The fraction of sp³-hybridized carbons (Fsp3) is 0.429. The van der Waals surface area contributed by atoms with Gasteiger partial charge in [0.2, 0.25) is 0 Å². The molecule has 0 aliphatic carbocycles. The summed E-state index contributed by atoms with van der Waals surface area (Å²) >= 11 is 3.23. The number of nitrogens with one attached hydrogen (secondary N) is 1. The highest BCUT2D eigenvalue weighted by atomic mass is 79.9. The Morgan fingerprint density at radius 1 is 1.35 bits per heavy atom. The van der Waals surface area contributed by atoms with Gasteiger partial charge in [0.15, 0.2) is 6.10 Å². The SMILES string of the molecule is CC(Oc1c(Br)cccc1C(=O)O)C(=O)NC(C)(C)C. The lowest BCUT2D eigenvalue weighted by Gasteiger charge is -2.24. The van der Waals surface area contributed by atoms with E-state index in [4.69, 9.17) is 9.84 Å². The molecule has 0 saturated carbocycles. The normalized spacial score (nSPS) is 12.7. The molecule has 1 atom stereocenters. The van der Waals surface area contributed by atoms with Crippen LogP contribution in [0.4, 0.5) is 0 Å². The quantitative estimate of drug-likeness (QED) is 0.881. The Balaban J connectivity index is 2.93. The molecule has 0 radical (unpaired) electrons. The number of carbonyl (C=O) groups is 2. The van der Waals surface area contributed by atoms with E-state index in [-0.39, 0.29) is 22.8 Å². The van der Waals surface area contributed by atoms with Crippen molar-refractivity contribution in [3.05, 3.63) is 28.2 Å². The van der Waals surface area contributed by atoms with Gasteiger partial charge in [-0.2, -0.15) is 0 Å². The fourth-order valence-corrected chi connectivity index (χ4v) is 1.96. The van der Waals surface area contributed by atoms with E-state index >= 15 is 0 Å². The van der Waals surface area contributed by atoms with E-state index in [1.165, 1.54) is 6.07 Å². The molecule has 0 aliphatic rings. The molecule has 0 aromatic heterocycles. The predicted molar refractivity (Wildman–Crippen MR) is 79.1 cm³/mol.